The van der Waals surface area contributed by atoms with Crippen LogP contribution < -0.4 is 9.64 Å². The number of hydrogen-bond donors (Lipinski definition) is 0. The molecule has 0 saturated carbocycles. The van der Waals surface area contributed by atoms with Gasteiger partial charge in [0.15, 0.2) is 5.16 Å². The van der Waals surface area contributed by atoms with Crippen LogP contribution in [-0.4, -0.2) is 40.6 Å². The fraction of sp³-hybridized carbons (Fsp3) is 0.167. The molecule has 128 valence electrons. The van der Waals surface area contributed by atoms with Crippen LogP contribution in [0, 0.1) is 0 Å². The van der Waals surface area contributed by atoms with E-state index in [0.717, 1.165) is 17.1 Å². The van der Waals surface area contributed by atoms with Crippen LogP contribution >= 0.6 is 11.8 Å². The molecule has 0 saturated heterocycles. The van der Waals surface area contributed by atoms with Gasteiger partial charge in [-0.1, -0.05) is 36.0 Å². The first-order valence-electron chi connectivity index (χ1n) is 7.68. The number of aromatic nitrogens is 3. The van der Waals surface area contributed by atoms with Crippen LogP contribution in [0.1, 0.15) is 0 Å². The fourth-order valence-corrected chi connectivity index (χ4v) is 3.12. The van der Waals surface area contributed by atoms with Gasteiger partial charge >= 0.3 is 0 Å². The maximum Gasteiger partial charge on any atom is 0.237 e. The average Bonchev–Trinajstić information content (AvgIpc) is 3.15. The van der Waals surface area contributed by atoms with Gasteiger partial charge in [0.1, 0.15) is 12.1 Å². The van der Waals surface area contributed by atoms with Crippen molar-refractivity contribution in [1.82, 2.24) is 14.8 Å². The molecule has 6 nitrogen and oxygen atoms in total. The molecular weight excluding hydrogens is 336 g/mol. The van der Waals surface area contributed by atoms with Gasteiger partial charge in [-0.25, -0.2) is 0 Å². The van der Waals surface area contributed by atoms with Gasteiger partial charge in [0, 0.05) is 18.8 Å². The van der Waals surface area contributed by atoms with Crippen molar-refractivity contribution < 1.29 is 9.53 Å². The van der Waals surface area contributed by atoms with Gasteiger partial charge in [-0.2, -0.15) is 0 Å². The van der Waals surface area contributed by atoms with Gasteiger partial charge in [-0.15, -0.1) is 10.2 Å². The molecule has 25 heavy (non-hydrogen) atoms. The van der Waals surface area contributed by atoms with Gasteiger partial charge in [-0.05, 0) is 24.3 Å². The highest BCUT2D eigenvalue weighted by Gasteiger charge is 2.14. The van der Waals surface area contributed by atoms with Gasteiger partial charge < -0.3 is 9.64 Å². The highest BCUT2D eigenvalue weighted by Crippen LogP contribution is 2.23. The lowest BCUT2D eigenvalue weighted by atomic mass is 10.3. The van der Waals surface area contributed by atoms with Gasteiger partial charge in [0.25, 0.3) is 0 Å². The summed E-state index contributed by atoms with van der Waals surface area (Å²) in [5.74, 6) is 1.02. The standard InChI is InChI=1S/C18H18N4O2S/c1-21(14-7-4-3-5-8-14)17(23)12-25-18-20-19-13-22(18)15-9-6-10-16(11-15)24-2/h3-11,13H,12H2,1-2H3. The molecule has 0 fully saturated rings. The maximum atomic E-state index is 12.4. The number of thioether (sulfide) groups is 1. The first-order valence-corrected chi connectivity index (χ1v) is 8.66. The number of carbonyl (C=O) groups is 1. The van der Waals surface area contributed by atoms with Crippen LogP contribution in [0.15, 0.2) is 66.1 Å². The van der Waals surface area contributed by atoms with Crippen molar-refractivity contribution in [2.45, 2.75) is 5.16 Å². The molecule has 0 N–H and O–H groups in total. The second kappa shape index (κ2) is 7.85. The number of rotatable bonds is 6. The van der Waals surface area contributed by atoms with Gasteiger partial charge in [-0.3, -0.25) is 9.36 Å². The zero-order valence-corrected chi connectivity index (χ0v) is 14.8. The molecule has 1 heterocycles. The second-order valence-electron chi connectivity index (χ2n) is 5.26. The molecule has 3 aromatic rings. The summed E-state index contributed by atoms with van der Waals surface area (Å²) >= 11 is 1.35. The van der Waals surface area contributed by atoms with Crippen molar-refractivity contribution in [3.63, 3.8) is 0 Å². The monoisotopic (exact) mass is 354 g/mol. The Morgan fingerprint density at radius 3 is 2.76 bits per heavy atom. The van der Waals surface area contributed by atoms with Crippen LogP contribution in [0.2, 0.25) is 0 Å². The van der Waals surface area contributed by atoms with Crippen molar-refractivity contribution in [3.05, 3.63) is 60.9 Å². The molecule has 0 aliphatic heterocycles. The predicted octanol–water partition coefficient (Wildman–Crippen LogP) is 3.03. The minimum Gasteiger partial charge on any atom is -0.497 e. The normalized spacial score (nSPS) is 10.5. The van der Waals surface area contributed by atoms with E-state index in [2.05, 4.69) is 10.2 Å². The first-order chi connectivity index (χ1) is 12.2. The van der Waals surface area contributed by atoms with Gasteiger partial charge in [0.2, 0.25) is 5.91 Å². The van der Waals surface area contributed by atoms with E-state index in [9.17, 15) is 4.79 Å². The molecule has 7 heteroatoms. The summed E-state index contributed by atoms with van der Waals surface area (Å²) in [6.45, 7) is 0. The molecule has 3 rings (SSSR count). The fourth-order valence-electron chi connectivity index (χ4n) is 2.28. The summed E-state index contributed by atoms with van der Waals surface area (Å²) in [6.07, 6.45) is 1.63. The summed E-state index contributed by atoms with van der Waals surface area (Å²) in [6, 6.07) is 17.2. The largest absolute Gasteiger partial charge is 0.497 e. The maximum absolute atomic E-state index is 12.4. The van der Waals surface area contributed by atoms with E-state index < -0.39 is 0 Å². The third-order valence-electron chi connectivity index (χ3n) is 3.69. The topological polar surface area (TPSA) is 60.2 Å². The number of benzene rings is 2. The van der Waals surface area contributed by atoms with E-state index in [1.807, 2.05) is 59.2 Å². The molecule has 0 atom stereocenters. The van der Waals surface area contributed by atoms with E-state index >= 15 is 0 Å². The quantitative estimate of drug-likeness (QED) is 0.637. The Morgan fingerprint density at radius 1 is 1.20 bits per heavy atom. The van der Waals surface area contributed by atoms with Crippen LogP contribution in [0.3, 0.4) is 0 Å². The number of anilines is 1. The third-order valence-corrected chi connectivity index (χ3v) is 4.62. The lowest BCUT2D eigenvalue weighted by Crippen LogP contribution is -2.27. The number of hydrogen-bond acceptors (Lipinski definition) is 5. The van der Waals surface area contributed by atoms with E-state index in [1.165, 1.54) is 11.8 Å². The van der Waals surface area contributed by atoms with Crippen molar-refractivity contribution in [2.75, 3.05) is 24.8 Å². The van der Waals surface area contributed by atoms with E-state index in [0.29, 0.717) is 5.16 Å². The number of para-hydroxylation sites is 1. The van der Waals surface area contributed by atoms with Crippen molar-refractivity contribution >= 4 is 23.4 Å². The second-order valence-corrected chi connectivity index (χ2v) is 6.20. The van der Waals surface area contributed by atoms with E-state index in [-0.39, 0.29) is 11.7 Å². The Hall–Kier alpha value is -2.80. The molecule has 0 aliphatic rings. The summed E-state index contributed by atoms with van der Waals surface area (Å²) in [7, 11) is 3.39. The highest BCUT2D eigenvalue weighted by molar-refractivity contribution is 7.99. The van der Waals surface area contributed by atoms with Crippen LogP contribution in [0.4, 0.5) is 5.69 Å². The number of nitrogens with zero attached hydrogens (tertiary/aromatic N) is 4. The molecule has 0 unspecified atom stereocenters. The Balaban J connectivity index is 1.70. The summed E-state index contributed by atoms with van der Waals surface area (Å²) < 4.78 is 7.09. The average molecular weight is 354 g/mol. The summed E-state index contributed by atoms with van der Waals surface area (Å²) in [5, 5.41) is 8.73. The molecule has 2 aromatic carbocycles. The Bertz CT molecular complexity index is 851. The smallest absolute Gasteiger partial charge is 0.237 e. The number of methoxy groups -OCH3 is 1. The molecule has 0 aliphatic carbocycles. The summed E-state index contributed by atoms with van der Waals surface area (Å²) in [5.41, 5.74) is 1.75. The first kappa shape index (κ1) is 17.0. The van der Waals surface area contributed by atoms with Crippen LogP contribution in [0.25, 0.3) is 5.69 Å². The number of ether oxygens (including phenoxy) is 1. The lowest BCUT2D eigenvalue weighted by Gasteiger charge is -2.16. The third kappa shape index (κ3) is 4.00. The number of amides is 1. The Labute approximate surface area is 150 Å². The van der Waals surface area contributed by atoms with Crippen molar-refractivity contribution in [2.24, 2.45) is 0 Å². The molecule has 1 amide bonds. The van der Waals surface area contributed by atoms with Crippen molar-refractivity contribution in [1.29, 1.82) is 0 Å². The minimum atomic E-state index is -0.00334. The Morgan fingerprint density at radius 2 is 2.00 bits per heavy atom. The predicted molar refractivity (Wildman–Crippen MR) is 98.5 cm³/mol. The van der Waals surface area contributed by atoms with Crippen LogP contribution in [-0.2, 0) is 4.79 Å². The molecular formula is C18H18N4O2S. The molecule has 0 bridgehead atoms. The summed E-state index contributed by atoms with van der Waals surface area (Å²) in [4.78, 5) is 14.1. The van der Waals surface area contributed by atoms with E-state index in [1.54, 1.807) is 25.4 Å². The molecule has 0 radical (unpaired) electrons. The van der Waals surface area contributed by atoms with Crippen LogP contribution in [0.5, 0.6) is 5.75 Å². The van der Waals surface area contributed by atoms with Gasteiger partial charge in [0.05, 0.1) is 18.6 Å². The Kier molecular flexibility index (Phi) is 5.35. The van der Waals surface area contributed by atoms with E-state index in [4.69, 9.17) is 4.74 Å². The number of carbonyl (C=O) groups excluding carboxylic acids is 1. The lowest BCUT2D eigenvalue weighted by molar-refractivity contribution is -0.115. The van der Waals surface area contributed by atoms with Crippen molar-refractivity contribution in [3.8, 4) is 11.4 Å². The zero-order valence-electron chi connectivity index (χ0n) is 14.0. The zero-order chi connectivity index (χ0) is 17.6. The minimum absolute atomic E-state index is 0.00334. The molecule has 0 spiro atoms. The SMILES string of the molecule is COc1cccc(-n2cnnc2SCC(=O)N(C)c2ccccc2)c1. The molecule has 1 aromatic heterocycles. The highest BCUT2D eigenvalue weighted by atomic mass is 32.2.